The van der Waals surface area contributed by atoms with Crippen molar-refractivity contribution in [1.82, 2.24) is 19.6 Å². The number of primary amides is 1. The highest BCUT2D eigenvalue weighted by Gasteiger charge is 2.15. The first-order chi connectivity index (χ1) is 8.99. The fraction of sp³-hybridized carbons (Fsp3) is 0.364. The lowest BCUT2D eigenvalue weighted by molar-refractivity contribution is -0.147. The second-order valence-electron chi connectivity index (χ2n) is 4.04. The Labute approximate surface area is 108 Å². The molecule has 0 atom stereocenters. The Balaban J connectivity index is 2.24. The first-order valence-electron chi connectivity index (χ1n) is 5.58. The zero-order valence-electron chi connectivity index (χ0n) is 10.6. The number of aromatic nitrogens is 4. The van der Waals surface area contributed by atoms with Crippen LogP contribution in [0.4, 0.5) is 0 Å². The first kappa shape index (κ1) is 12.9. The molecule has 2 N–H and O–H groups in total. The molecule has 2 heterocycles. The number of esters is 1. The Morgan fingerprint density at radius 3 is 2.84 bits per heavy atom. The fourth-order valence-electron chi connectivity index (χ4n) is 1.76. The lowest BCUT2D eigenvalue weighted by atomic mass is 10.1. The average Bonchev–Trinajstić information content (AvgIpc) is 2.80. The number of aryl methyl sites for hydroxylation is 2. The summed E-state index contributed by atoms with van der Waals surface area (Å²) in [6, 6.07) is 0. The van der Waals surface area contributed by atoms with Crippen LogP contribution in [-0.4, -0.2) is 38.1 Å². The molecule has 0 bridgehead atoms. The van der Waals surface area contributed by atoms with Crippen LogP contribution in [0.2, 0.25) is 0 Å². The standard InChI is InChI=1S/C11H13N5O3/c1-6-8(3-10(18)19-4-9(12)17)7(2)16-11(15-6)13-5-14-16/h5H,3-4H2,1-2H3,(H2,12,17). The minimum Gasteiger partial charge on any atom is -0.455 e. The second-order valence-corrected chi connectivity index (χ2v) is 4.04. The van der Waals surface area contributed by atoms with Crippen LogP contribution < -0.4 is 5.73 Å². The number of carbonyl (C=O) groups excluding carboxylic acids is 2. The Bertz CT molecular complexity index is 649. The maximum atomic E-state index is 11.6. The molecule has 8 heteroatoms. The van der Waals surface area contributed by atoms with Crippen molar-refractivity contribution in [3.05, 3.63) is 23.3 Å². The van der Waals surface area contributed by atoms with Crippen LogP contribution in [0.25, 0.3) is 5.78 Å². The molecular formula is C11H13N5O3. The van der Waals surface area contributed by atoms with E-state index >= 15 is 0 Å². The monoisotopic (exact) mass is 263 g/mol. The normalized spacial score (nSPS) is 10.6. The van der Waals surface area contributed by atoms with Gasteiger partial charge < -0.3 is 10.5 Å². The van der Waals surface area contributed by atoms with Crippen molar-refractivity contribution >= 4 is 17.7 Å². The molecule has 2 aromatic heterocycles. The third-order valence-electron chi connectivity index (χ3n) is 2.69. The second kappa shape index (κ2) is 5.01. The maximum Gasteiger partial charge on any atom is 0.310 e. The number of ether oxygens (including phenoxy) is 1. The van der Waals surface area contributed by atoms with E-state index in [1.165, 1.54) is 6.33 Å². The van der Waals surface area contributed by atoms with Crippen LogP contribution in [-0.2, 0) is 20.7 Å². The summed E-state index contributed by atoms with van der Waals surface area (Å²) in [6.07, 6.45) is 1.40. The van der Waals surface area contributed by atoms with Crippen LogP contribution in [0.1, 0.15) is 17.0 Å². The Morgan fingerprint density at radius 1 is 1.42 bits per heavy atom. The number of amides is 1. The molecular weight excluding hydrogens is 250 g/mol. The molecule has 0 saturated heterocycles. The van der Waals surface area contributed by atoms with E-state index in [4.69, 9.17) is 10.5 Å². The van der Waals surface area contributed by atoms with Crippen LogP contribution >= 0.6 is 0 Å². The van der Waals surface area contributed by atoms with Crippen LogP contribution in [0.3, 0.4) is 0 Å². The summed E-state index contributed by atoms with van der Waals surface area (Å²) in [5.41, 5.74) is 7.04. The number of fused-ring (bicyclic) bond motifs is 1. The zero-order chi connectivity index (χ0) is 14.0. The van der Waals surface area contributed by atoms with E-state index in [1.807, 2.05) is 6.92 Å². The molecule has 0 spiro atoms. The van der Waals surface area contributed by atoms with Gasteiger partial charge in [-0.1, -0.05) is 0 Å². The average molecular weight is 263 g/mol. The molecule has 0 unspecified atom stereocenters. The smallest absolute Gasteiger partial charge is 0.310 e. The van der Waals surface area contributed by atoms with Crippen LogP contribution in [0.5, 0.6) is 0 Å². The minimum absolute atomic E-state index is 0.00769. The summed E-state index contributed by atoms with van der Waals surface area (Å²) in [6.45, 7) is 3.17. The van der Waals surface area contributed by atoms with E-state index in [0.717, 1.165) is 5.69 Å². The van der Waals surface area contributed by atoms with Crippen molar-refractivity contribution in [2.75, 3.05) is 6.61 Å². The van der Waals surface area contributed by atoms with Gasteiger partial charge in [0.25, 0.3) is 11.7 Å². The molecule has 0 aromatic carbocycles. The molecule has 2 rings (SSSR count). The number of rotatable bonds is 4. The molecule has 8 nitrogen and oxygen atoms in total. The Morgan fingerprint density at radius 2 is 2.16 bits per heavy atom. The molecule has 0 fully saturated rings. The van der Waals surface area contributed by atoms with E-state index in [9.17, 15) is 9.59 Å². The van der Waals surface area contributed by atoms with Crippen molar-refractivity contribution in [3.8, 4) is 0 Å². The topological polar surface area (TPSA) is 112 Å². The van der Waals surface area contributed by atoms with Gasteiger partial charge in [0, 0.05) is 17.0 Å². The summed E-state index contributed by atoms with van der Waals surface area (Å²) in [5, 5.41) is 4.02. The summed E-state index contributed by atoms with van der Waals surface area (Å²) in [4.78, 5) is 30.4. The Kier molecular flexibility index (Phi) is 3.41. The molecule has 2 aromatic rings. The quantitative estimate of drug-likeness (QED) is 0.731. The molecule has 0 saturated carbocycles. The van der Waals surface area contributed by atoms with Gasteiger partial charge in [-0.3, -0.25) is 9.59 Å². The van der Waals surface area contributed by atoms with Gasteiger partial charge in [-0.2, -0.15) is 10.1 Å². The number of carbonyl (C=O) groups is 2. The Hall–Kier alpha value is -2.51. The SMILES string of the molecule is Cc1nc2ncnn2c(C)c1CC(=O)OCC(N)=O. The summed E-state index contributed by atoms with van der Waals surface area (Å²) >= 11 is 0. The lowest BCUT2D eigenvalue weighted by Crippen LogP contribution is -2.22. The summed E-state index contributed by atoms with van der Waals surface area (Å²) in [7, 11) is 0. The van der Waals surface area contributed by atoms with E-state index in [1.54, 1.807) is 11.4 Å². The van der Waals surface area contributed by atoms with Crippen molar-refractivity contribution in [1.29, 1.82) is 0 Å². The number of hydrogen-bond acceptors (Lipinski definition) is 6. The zero-order valence-corrected chi connectivity index (χ0v) is 10.6. The third kappa shape index (κ3) is 2.67. The molecule has 0 aliphatic rings. The highest BCUT2D eigenvalue weighted by Crippen LogP contribution is 2.13. The van der Waals surface area contributed by atoms with Crippen LogP contribution in [0, 0.1) is 13.8 Å². The highest BCUT2D eigenvalue weighted by atomic mass is 16.5. The van der Waals surface area contributed by atoms with Gasteiger partial charge in [-0.15, -0.1) is 0 Å². The van der Waals surface area contributed by atoms with Gasteiger partial charge in [-0.05, 0) is 13.8 Å². The van der Waals surface area contributed by atoms with Gasteiger partial charge in [0.2, 0.25) is 0 Å². The maximum absolute atomic E-state index is 11.6. The van der Waals surface area contributed by atoms with E-state index < -0.39 is 18.5 Å². The third-order valence-corrected chi connectivity index (χ3v) is 2.69. The van der Waals surface area contributed by atoms with Crippen LogP contribution in [0.15, 0.2) is 6.33 Å². The first-order valence-corrected chi connectivity index (χ1v) is 5.58. The predicted molar refractivity (Wildman–Crippen MR) is 64.1 cm³/mol. The number of nitrogens with two attached hydrogens (primary N) is 1. The fourth-order valence-corrected chi connectivity index (χ4v) is 1.76. The lowest BCUT2D eigenvalue weighted by Gasteiger charge is -2.09. The summed E-state index contributed by atoms with van der Waals surface area (Å²) < 4.78 is 6.27. The number of nitrogens with zero attached hydrogens (tertiary/aromatic N) is 4. The van der Waals surface area contributed by atoms with Crippen molar-refractivity contribution in [2.45, 2.75) is 20.3 Å². The van der Waals surface area contributed by atoms with Gasteiger partial charge in [0.15, 0.2) is 6.61 Å². The largest absolute Gasteiger partial charge is 0.455 e. The van der Waals surface area contributed by atoms with E-state index in [2.05, 4.69) is 15.1 Å². The van der Waals surface area contributed by atoms with Gasteiger partial charge in [0.1, 0.15) is 6.33 Å². The molecule has 100 valence electrons. The van der Waals surface area contributed by atoms with Crippen molar-refractivity contribution < 1.29 is 14.3 Å². The molecule has 0 aliphatic heterocycles. The highest BCUT2D eigenvalue weighted by molar-refractivity contribution is 5.80. The molecule has 0 radical (unpaired) electrons. The van der Waals surface area contributed by atoms with Gasteiger partial charge in [-0.25, -0.2) is 9.50 Å². The molecule has 19 heavy (non-hydrogen) atoms. The molecule has 1 amide bonds. The summed E-state index contributed by atoms with van der Waals surface area (Å²) in [5.74, 6) is -0.748. The molecule has 0 aliphatic carbocycles. The van der Waals surface area contributed by atoms with Crippen molar-refractivity contribution in [2.24, 2.45) is 5.73 Å². The van der Waals surface area contributed by atoms with Crippen molar-refractivity contribution in [3.63, 3.8) is 0 Å². The predicted octanol–water partition coefficient (Wildman–Crippen LogP) is -0.688. The van der Waals surface area contributed by atoms with Gasteiger partial charge >= 0.3 is 5.97 Å². The minimum atomic E-state index is -0.688. The van der Waals surface area contributed by atoms with E-state index in [0.29, 0.717) is 17.0 Å². The number of hydrogen-bond donors (Lipinski definition) is 1. The van der Waals surface area contributed by atoms with E-state index in [-0.39, 0.29) is 6.42 Å². The van der Waals surface area contributed by atoms with Gasteiger partial charge in [0.05, 0.1) is 6.42 Å².